The van der Waals surface area contributed by atoms with Crippen LogP contribution in [0, 0.1) is 17.0 Å². The van der Waals surface area contributed by atoms with E-state index in [1.54, 1.807) is 6.07 Å². The molecular weight excluding hydrogens is 236 g/mol. The molecule has 0 amide bonds. The Labute approximate surface area is 106 Å². The summed E-state index contributed by atoms with van der Waals surface area (Å²) in [4.78, 5) is 15.1. The minimum absolute atomic E-state index is 0.0854. The molecule has 0 bridgehead atoms. The van der Waals surface area contributed by atoms with Crippen LogP contribution in [0.1, 0.15) is 39.0 Å². The Hall–Kier alpha value is -1.10. The number of hydrogen-bond donors (Lipinski definition) is 0. The summed E-state index contributed by atoms with van der Waals surface area (Å²) in [6, 6.07) is 1.65. The summed E-state index contributed by atoms with van der Waals surface area (Å²) in [6.45, 7) is 9.93. The first-order chi connectivity index (χ1) is 7.74. The predicted octanol–water partition coefficient (Wildman–Crippen LogP) is 3.75. The van der Waals surface area contributed by atoms with E-state index >= 15 is 0 Å². The van der Waals surface area contributed by atoms with Crippen molar-refractivity contribution in [3.05, 3.63) is 27.4 Å². The van der Waals surface area contributed by atoms with Crippen molar-refractivity contribution in [2.24, 2.45) is 0 Å². The molecule has 4 nitrogen and oxygen atoms in total. The SMILES string of the molecule is CCc1cc([N+](=O)[O-])c(SC(C)(C)C)nc1C. The minimum Gasteiger partial charge on any atom is -0.258 e. The van der Waals surface area contributed by atoms with Crippen LogP contribution in [0.25, 0.3) is 0 Å². The van der Waals surface area contributed by atoms with Crippen LogP contribution < -0.4 is 0 Å². The highest BCUT2D eigenvalue weighted by Gasteiger charge is 2.23. The summed E-state index contributed by atoms with van der Waals surface area (Å²) in [5, 5.41) is 11.6. The summed E-state index contributed by atoms with van der Waals surface area (Å²) in [5.41, 5.74) is 1.94. The number of nitro groups is 1. The Kier molecular flexibility index (Phi) is 4.14. The van der Waals surface area contributed by atoms with Crippen molar-refractivity contribution in [1.29, 1.82) is 0 Å². The summed E-state index contributed by atoms with van der Waals surface area (Å²) >= 11 is 1.44. The molecule has 0 aliphatic heterocycles. The van der Waals surface area contributed by atoms with Crippen molar-refractivity contribution in [3.63, 3.8) is 0 Å². The normalized spacial score (nSPS) is 11.6. The van der Waals surface area contributed by atoms with Crippen LogP contribution in [-0.2, 0) is 6.42 Å². The molecule has 94 valence electrons. The minimum atomic E-state index is -0.348. The second-order valence-electron chi connectivity index (χ2n) is 4.88. The van der Waals surface area contributed by atoms with Crippen LogP contribution in [0.2, 0.25) is 0 Å². The lowest BCUT2D eigenvalue weighted by atomic mass is 10.1. The third-order valence-electron chi connectivity index (χ3n) is 2.24. The fraction of sp³-hybridized carbons (Fsp3) is 0.583. The van der Waals surface area contributed by atoms with E-state index in [0.29, 0.717) is 5.03 Å². The van der Waals surface area contributed by atoms with Gasteiger partial charge in [-0.1, -0.05) is 39.5 Å². The standard InChI is InChI=1S/C12H18N2O2S/c1-6-9-7-10(14(15)16)11(13-8(9)2)17-12(3,4)5/h7H,6H2,1-5H3. The van der Waals surface area contributed by atoms with Gasteiger partial charge in [-0.15, -0.1) is 0 Å². The predicted molar refractivity (Wildman–Crippen MR) is 70.6 cm³/mol. The van der Waals surface area contributed by atoms with Crippen molar-refractivity contribution in [2.45, 2.75) is 50.8 Å². The Bertz CT molecular complexity index is 439. The fourth-order valence-electron chi connectivity index (χ4n) is 1.47. The smallest absolute Gasteiger partial charge is 0.258 e. The molecule has 1 rings (SSSR count). The second kappa shape index (κ2) is 5.04. The molecule has 1 aromatic heterocycles. The first-order valence-electron chi connectivity index (χ1n) is 5.58. The van der Waals surface area contributed by atoms with Gasteiger partial charge in [0, 0.05) is 16.5 Å². The largest absolute Gasteiger partial charge is 0.301 e. The van der Waals surface area contributed by atoms with Gasteiger partial charge in [0.25, 0.3) is 0 Å². The second-order valence-corrected chi connectivity index (χ2v) is 6.70. The number of rotatable bonds is 3. The fourth-order valence-corrected chi connectivity index (χ4v) is 2.47. The number of aryl methyl sites for hydroxylation is 2. The quantitative estimate of drug-likeness (QED) is 0.468. The lowest BCUT2D eigenvalue weighted by molar-refractivity contribution is -0.388. The van der Waals surface area contributed by atoms with E-state index < -0.39 is 0 Å². The monoisotopic (exact) mass is 254 g/mol. The average molecular weight is 254 g/mol. The van der Waals surface area contributed by atoms with Crippen LogP contribution in [0.5, 0.6) is 0 Å². The molecule has 0 saturated carbocycles. The van der Waals surface area contributed by atoms with E-state index in [0.717, 1.165) is 17.7 Å². The molecule has 0 unspecified atom stereocenters. The molecule has 17 heavy (non-hydrogen) atoms. The molecule has 0 aliphatic carbocycles. The third-order valence-corrected chi connectivity index (χ3v) is 3.35. The Balaban J connectivity index is 3.28. The molecule has 0 aliphatic rings. The van der Waals surface area contributed by atoms with E-state index in [9.17, 15) is 10.1 Å². The number of pyridine rings is 1. The third kappa shape index (κ3) is 3.70. The zero-order valence-electron chi connectivity index (χ0n) is 10.9. The summed E-state index contributed by atoms with van der Waals surface area (Å²) < 4.78 is -0.0854. The van der Waals surface area contributed by atoms with Gasteiger partial charge in [-0.05, 0) is 18.9 Å². The lowest BCUT2D eigenvalue weighted by Gasteiger charge is -2.17. The average Bonchev–Trinajstić information content (AvgIpc) is 2.14. The summed E-state index contributed by atoms with van der Waals surface area (Å²) in [5.74, 6) is 0. The van der Waals surface area contributed by atoms with Crippen LogP contribution >= 0.6 is 11.8 Å². The van der Waals surface area contributed by atoms with Gasteiger partial charge in [-0.3, -0.25) is 10.1 Å². The molecular formula is C12H18N2O2S. The number of aromatic nitrogens is 1. The van der Waals surface area contributed by atoms with Crippen molar-refractivity contribution in [1.82, 2.24) is 4.98 Å². The van der Waals surface area contributed by atoms with E-state index in [2.05, 4.69) is 4.98 Å². The van der Waals surface area contributed by atoms with Gasteiger partial charge in [0.15, 0.2) is 5.03 Å². The molecule has 1 heterocycles. The van der Waals surface area contributed by atoms with Crippen LogP contribution in [0.3, 0.4) is 0 Å². The van der Waals surface area contributed by atoms with Crippen LogP contribution in [-0.4, -0.2) is 14.7 Å². The van der Waals surface area contributed by atoms with E-state index in [1.165, 1.54) is 11.8 Å². The molecule has 0 fully saturated rings. The molecule has 0 atom stereocenters. The summed E-state index contributed by atoms with van der Waals surface area (Å²) in [7, 11) is 0. The molecule has 0 radical (unpaired) electrons. The van der Waals surface area contributed by atoms with Crippen molar-refractivity contribution in [2.75, 3.05) is 0 Å². The maximum atomic E-state index is 11.0. The van der Waals surface area contributed by atoms with E-state index in [-0.39, 0.29) is 15.4 Å². The lowest BCUT2D eigenvalue weighted by Crippen LogP contribution is -2.09. The van der Waals surface area contributed by atoms with Crippen molar-refractivity contribution in [3.8, 4) is 0 Å². The van der Waals surface area contributed by atoms with Crippen LogP contribution in [0.4, 0.5) is 5.69 Å². The Morgan fingerprint density at radius 2 is 2.06 bits per heavy atom. The number of nitrogens with zero attached hydrogens (tertiary/aromatic N) is 2. The van der Waals surface area contributed by atoms with Gasteiger partial charge in [0.05, 0.1) is 4.92 Å². The van der Waals surface area contributed by atoms with Crippen molar-refractivity contribution >= 4 is 17.4 Å². The zero-order chi connectivity index (χ0) is 13.2. The molecule has 1 aromatic rings. The zero-order valence-corrected chi connectivity index (χ0v) is 11.7. The van der Waals surface area contributed by atoms with Crippen LogP contribution in [0.15, 0.2) is 11.1 Å². The van der Waals surface area contributed by atoms with Gasteiger partial charge in [-0.2, -0.15) is 0 Å². The molecule has 5 heteroatoms. The maximum Gasteiger partial charge on any atom is 0.301 e. The number of thioether (sulfide) groups is 1. The first-order valence-corrected chi connectivity index (χ1v) is 6.40. The first kappa shape index (κ1) is 14.0. The Morgan fingerprint density at radius 3 is 2.47 bits per heavy atom. The highest BCUT2D eigenvalue weighted by atomic mass is 32.2. The molecule has 0 aromatic carbocycles. The van der Waals surface area contributed by atoms with Gasteiger partial charge in [-0.25, -0.2) is 4.98 Å². The molecule has 0 N–H and O–H groups in total. The molecule has 0 spiro atoms. The molecule has 0 saturated heterocycles. The van der Waals surface area contributed by atoms with Crippen molar-refractivity contribution < 1.29 is 4.92 Å². The van der Waals surface area contributed by atoms with Gasteiger partial charge >= 0.3 is 5.69 Å². The van der Waals surface area contributed by atoms with Gasteiger partial charge in [0.1, 0.15) is 0 Å². The van der Waals surface area contributed by atoms with Gasteiger partial charge < -0.3 is 0 Å². The van der Waals surface area contributed by atoms with Gasteiger partial charge in [0.2, 0.25) is 0 Å². The topological polar surface area (TPSA) is 56.0 Å². The van der Waals surface area contributed by atoms with E-state index in [4.69, 9.17) is 0 Å². The highest BCUT2D eigenvalue weighted by Crippen LogP contribution is 2.37. The summed E-state index contributed by atoms with van der Waals surface area (Å²) in [6.07, 6.45) is 0.764. The Morgan fingerprint density at radius 1 is 1.47 bits per heavy atom. The van der Waals surface area contributed by atoms with E-state index in [1.807, 2.05) is 34.6 Å². The highest BCUT2D eigenvalue weighted by molar-refractivity contribution is 8.00. The maximum absolute atomic E-state index is 11.0. The number of hydrogen-bond acceptors (Lipinski definition) is 4.